The van der Waals surface area contributed by atoms with Crippen molar-refractivity contribution >= 4 is 29.2 Å². The highest BCUT2D eigenvalue weighted by Gasteiger charge is 1.96. The van der Waals surface area contributed by atoms with Gasteiger partial charge in [-0.25, -0.2) is 0 Å². The summed E-state index contributed by atoms with van der Waals surface area (Å²) in [6.45, 7) is 0. The molecule has 1 N–H and O–H groups in total. The lowest BCUT2D eigenvalue weighted by molar-refractivity contribution is 0.561. The Balaban J connectivity index is 2.06. The normalized spacial score (nSPS) is 10.5. The summed E-state index contributed by atoms with van der Waals surface area (Å²) in [5, 5.41) is 10.7. The number of nitrogens with one attached hydrogen (secondary N) is 1. The van der Waals surface area contributed by atoms with Crippen molar-refractivity contribution < 1.29 is 4.79 Å². The third-order valence-electron chi connectivity index (χ3n) is 2.71. The van der Waals surface area contributed by atoms with E-state index in [1.54, 1.807) is 30.7 Å². The predicted molar refractivity (Wildman–Crippen MR) is 80.7 cm³/mol. The SMILES string of the molecule is CN(C)c1ccc(N=Nc2ccc(N[C]=O)cc2)cc1. The Labute approximate surface area is 118 Å². The number of hydrogen-bond donors (Lipinski definition) is 1. The summed E-state index contributed by atoms with van der Waals surface area (Å²) in [5.41, 5.74) is 3.30. The first-order chi connectivity index (χ1) is 9.69. The van der Waals surface area contributed by atoms with Gasteiger partial charge in [0.1, 0.15) is 0 Å². The highest BCUT2D eigenvalue weighted by molar-refractivity contribution is 5.72. The molecule has 5 nitrogen and oxygen atoms in total. The number of amides is 1. The molecule has 0 unspecified atom stereocenters. The van der Waals surface area contributed by atoms with Crippen LogP contribution < -0.4 is 10.2 Å². The van der Waals surface area contributed by atoms with Crippen LogP contribution in [-0.2, 0) is 4.79 Å². The van der Waals surface area contributed by atoms with Crippen LogP contribution in [0, 0.1) is 0 Å². The van der Waals surface area contributed by atoms with Crippen molar-refractivity contribution in [3.05, 3.63) is 48.5 Å². The van der Waals surface area contributed by atoms with Crippen molar-refractivity contribution in [1.29, 1.82) is 0 Å². The van der Waals surface area contributed by atoms with Crippen LogP contribution in [0.4, 0.5) is 22.7 Å². The Morgan fingerprint density at radius 3 is 1.85 bits per heavy atom. The molecule has 0 bridgehead atoms. The van der Waals surface area contributed by atoms with E-state index in [4.69, 9.17) is 0 Å². The summed E-state index contributed by atoms with van der Waals surface area (Å²) in [6.07, 6.45) is 1.62. The zero-order valence-corrected chi connectivity index (χ0v) is 11.4. The van der Waals surface area contributed by atoms with Gasteiger partial charge in [0.25, 0.3) is 0 Å². The predicted octanol–water partition coefficient (Wildman–Crippen LogP) is 3.65. The maximum Gasteiger partial charge on any atom is 0.314 e. The standard InChI is InChI=1S/C15H15N4O/c1-19(2)15-9-7-14(8-10-15)18-17-13-5-3-12(4-6-13)16-11-20/h3-10H,1-2H3,(H,16,20). The Bertz CT molecular complexity index is 588. The molecule has 20 heavy (non-hydrogen) atoms. The Morgan fingerprint density at radius 2 is 1.40 bits per heavy atom. The number of nitrogens with zero attached hydrogens (tertiary/aromatic N) is 3. The summed E-state index contributed by atoms with van der Waals surface area (Å²) in [6, 6.07) is 14.8. The average Bonchev–Trinajstić information content (AvgIpc) is 2.47. The van der Waals surface area contributed by atoms with Gasteiger partial charge in [-0.15, -0.1) is 0 Å². The fourth-order valence-corrected chi connectivity index (χ4v) is 1.60. The van der Waals surface area contributed by atoms with Crippen LogP contribution in [0.5, 0.6) is 0 Å². The fourth-order valence-electron chi connectivity index (χ4n) is 1.60. The highest BCUT2D eigenvalue weighted by Crippen LogP contribution is 2.22. The molecule has 101 valence electrons. The molecule has 0 atom stereocenters. The van der Waals surface area contributed by atoms with E-state index in [9.17, 15) is 4.79 Å². The molecule has 5 heteroatoms. The number of benzene rings is 2. The zero-order chi connectivity index (χ0) is 14.4. The van der Waals surface area contributed by atoms with Crippen molar-refractivity contribution in [2.45, 2.75) is 0 Å². The fraction of sp³-hybridized carbons (Fsp3) is 0.133. The maximum atomic E-state index is 10.2. The van der Waals surface area contributed by atoms with Crippen molar-refractivity contribution in [2.24, 2.45) is 10.2 Å². The van der Waals surface area contributed by atoms with E-state index in [0.29, 0.717) is 5.69 Å². The van der Waals surface area contributed by atoms with Crippen molar-refractivity contribution in [2.75, 3.05) is 24.3 Å². The second-order valence-corrected chi connectivity index (χ2v) is 4.38. The summed E-state index contributed by atoms with van der Waals surface area (Å²) < 4.78 is 0. The topological polar surface area (TPSA) is 57.1 Å². The molecule has 0 aliphatic rings. The third kappa shape index (κ3) is 3.65. The molecule has 0 aliphatic carbocycles. The number of azo groups is 1. The van der Waals surface area contributed by atoms with Gasteiger partial charge in [-0.3, -0.25) is 4.79 Å². The molecule has 0 saturated carbocycles. The molecule has 0 saturated heterocycles. The van der Waals surface area contributed by atoms with E-state index in [0.717, 1.165) is 17.1 Å². The summed E-state index contributed by atoms with van der Waals surface area (Å²) in [7, 11) is 3.98. The van der Waals surface area contributed by atoms with E-state index in [1.807, 2.05) is 43.3 Å². The van der Waals surface area contributed by atoms with Crippen LogP contribution in [0.15, 0.2) is 58.8 Å². The van der Waals surface area contributed by atoms with Crippen LogP contribution in [0.1, 0.15) is 0 Å². The smallest absolute Gasteiger partial charge is 0.314 e. The Hall–Kier alpha value is -2.69. The molecular formula is C15H15N4O. The molecule has 2 rings (SSSR count). The van der Waals surface area contributed by atoms with Gasteiger partial charge in [0.2, 0.25) is 0 Å². The molecular weight excluding hydrogens is 252 g/mol. The van der Waals surface area contributed by atoms with Gasteiger partial charge in [0.05, 0.1) is 11.4 Å². The maximum absolute atomic E-state index is 10.2. The number of carbonyl (C=O) groups excluding carboxylic acids is 1. The Morgan fingerprint density at radius 1 is 0.900 bits per heavy atom. The average molecular weight is 267 g/mol. The van der Waals surface area contributed by atoms with Gasteiger partial charge in [0, 0.05) is 25.5 Å². The molecule has 2 aromatic rings. The number of rotatable bonds is 5. The van der Waals surface area contributed by atoms with Gasteiger partial charge in [-0.1, -0.05) is 0 Å². The molecule has 2 aromatic carbocycles. The second kappa shape index (κ2) is 6.47. The van der Waals surface area contributed by atoms with Crippen LogP contribution >= 0.6 is 0 Å². The van der Waals surface area contributed by atoms with Crippen molar-refractivity contribution in [1.82, 2.24) is 0 Å². The van der Waals surface area contributed by atoms with Gasteiger partial charge in [-0.2, -0.15) is 10.2 Å². The van der Waals surface area contributed by atoms with Gasteiger partial charge < -0.3 is 10.2 Å². The molecule has 0 aliphatic heterocycles. The summed E-state index contributed by atoms with van der Waals surface area (Å²) >= 11 is 0. The second-order valence-electron chi connectivity index (χ2n) is 4.38. The zero-order valence-electron chi connectivity index (χ0n) is 11.4. The molecule has 1 amide bonds. The monoisotopic (exact) mass is 267 g/mol. The molecule has 1 radical (unpaired) electrons. The lowest BCUT2D eigenvalue weighted by Crippen LogP contribution is -2.07. The van der Waals surface area contributed by atoms with Gasteiger partial charge >= 0.3 is 6.41 Å². The Kier molecular flexibility index (Phi) is 4.44. The quantitative estimate of drug-likeness (QED) is 0.664. The first-order valence-electron chi connectivity index (χ1n) is 6.11. The number of anilines is 2. The van der Waals surface area contributed by atoms with Crippen LogP contribution in [-0.4, -0.2) is 20.5 Å². The van der Waals surface area contributed by atoms with Crippen molar-refractivity contribution in [3.8, 4) is 0 Å². The van der Waals surface area contributed by atoms with Crippen LogP contribution in [0.25, 0.3) is 0 Å². The van der Waals surface area contributed by atoms with E-state index < -0.39 is 0 Å². The number of hydrogen-bond acceptors (Lipinski definition) is 4. The minimum Gasteiger partial charge on any atom is -0.378 e. The molecule has 0 heterocycles. The van der Waals surface area contributed by atoms with Gasteiger partial charge in [0.15, 0.2) is 0 Å². The van der Waals surface area contributed by atoms with E-state index in [1.165, 1.54) is 0 Å². The minimum atomic E-state index is 0.675. The molecule has 0 fully saturated rings. The molecule has 0 spiro atoms. The summed E-state index contributed by atoms with van der Waals surface area (Å²) in [5.74, 6) is 0. The van der Waals surface area contributed by atoms with Crippen LogP contribution in [0.2, 0.25) is 0 Å². The first-order valence-corrected chi connectivity index (χ1v) is 6.11. The lowest BCUT2D eigenvalue weighted by Gasteiger charge is -2.11. The van der Waals surface area contributed by atoms with Crippen molar-refractivity contribution in [3.63, 3.8) is 0 Å². The largest absolute Gasteiger partial charge is 0.378 e. The highest BCUT2D eigenvalue weighted by atomic mass is 16.1. The summed E-state index contributed by atoms with van der Waals surface area (Å²) in [4.78, 5) is 12.2. The molecule has 0 aromatic heterocycles. The first kappa shape index (κ1) is 13.7. The van der Waals surface area contributed by atoms with E-state index in [2.05, 4.69) is 15.5 Å². The van der Waals surface area contributed by atoms with Crippen LogP contribution in [0.3, 0.4) is 0 Å². The van der Waals surface area contributed by atoms with E-state index >= 15 is 0 Å². The van der Waals surface area contributed by atoms with Gasteiger partial charge in [-0.05, 0) is 48.5 Å². The third-order valence-corrected chi connectivity index (χ3v) is 2.71. The minimum absolute atomic E-state index is 0.675. The lowest BCUT2D eigenvalue weighted by atomic mass is 10.3. The van der Waals surface area contributed by atoms with E-state index in [-0.39, 0.29) is 0 Å².